The predicted molar refractivity (Wildman–Crippen MR) is 94.8 cm³/mol. The topological polar surface area (TPSA) is 86.4 Å². The van der Waals surface area contributed by atoms with Gasteiger partial charge in [-0.25, -0.2) is 0 Å². The summed E-state index contributed by atoms with van der Waals surface area (Å²) in [5.74, 6) is 0.767. The SMILES string of the molecule is CCN(CCOCCOCCOCCO)c1ccc(N)cc1OC. The van der Waals surface area contributed by atoms with Gasteiger partial charge in [0.25, 0.3) is 0 Å². The summed E-state index contributed by atoms with van der Waals surface area (Å²) in [6.07, 6.45) is 0. The zero-order chi connectivity index (χ0) is 17.6. The lowest BCUT2D eigenvalue weighted by atomic mass is 10.2. The summed E-state index contributed by atoms with van der Waals surface area (Å²) in [5, 5.41) is 8.56. The van der Waals surface area contributed by atoms with E-state index < -0.39 is 0 Å². The van der Waals surface area contributed by atoms with Crippen LogP contribution in [0.1, 0.15) is 6.92 Å². The summed E-state index contributed by atoms with van der Waals surface area (Å²) in [6, 6.07) is 5.66. The molecule has 0 atom stereocenters. The maximum Gasteiger partial charge on any atom is 0.144 e. The van der Waals surface area contributed by atoms with E-state index in [2.05, 4.69) is 11.8 Å². The number of nitrogens with two attached hydrogens (primary N) is 1. The Morgan fingerprint density at radius 3 is 2.21 bits per heavy atom. The molecule has 0 aliphatic heterocycles. The summed E-state index contributed by atoms with van der Waals surface area (Å²) in [5.41, 5.74) is 7.49. The molecule has 138 valence electrons. The molecular formula is C17H30N2O5. The summed E-state index contributed by atoms with van der Waals surface area (Å²) >= 11 is 0. The molecule has 0 amide bonds. The van der Waals surface area contributed by atoms with Crippen molar-refractivity contribution in [2.45, 2.75) is 6.92 Å². The molecule has 0 unspecified atom stereocenters. The van der Waals surface area contributed by atoms with Crippen LogP contribution in [0.15, 0.2) is 18.2 Å². The second-order valence-corrected chi connectivity index (χ2v) is 5.07. The number of anilines is 2. The highest BCUT2D eigenvalue weighted by Crippen LogP contribution is 2.29. The molecule has 0 aliphatic carbocycles. The average Bonchev–Trinajstić information content (AvgIpc) is 2.60. The van der Waals surface area contributed by atoms with Crippen LogP contribution in [0.4, 0.5) is 11.4 Å². The predicted octanol–water partition coefficient (Wildman–Crippen LogP) is 1.15. The number of likely N-dealkylation sites (N-methyl/N-ethyl adjacent to an activating group) is 1. The molecule has 3 N–H and O–H groups in total. The molecule has 0 spiro atoms. The molecular weight excluding hydrogens is 312 g/mol. The maximum absolute atomic E-state index is 8.56. The zero-order valence-electron chi connectivity index (χ0n) is 14.7. The standard InChI is InChI=1S/C17H30N2O5/c1-3-19(16-5-4-15(18)14-17(16)21-2)6-8-22-10-12-24-13-11-23-9-7-20/h4-5,14,20H,3,6-13,18H2,1-2H3. The summed E-state index contributed by atoms with van der Waals surface area (Å²) in [6.45, 7) is 6.75. The highest BCUT2D eigenvalue weighted by molar-refractivity contribution is 5.63. The molecule has 0 fully saturated rings. The van der Waals surface area contributed by atoms with E-state index in [0.717, 1.165) is 24.5 Å². The van der Waals surface area contributed by atoms with Gasteiger partial charge in [0.1, 0.15) is 5.75 Å². The molecule has 0 aliphatic rings. The van der Waals surface area contributed by atoms with Crippen molar-refractivity contribution in [3.63, 3.8) is 0 Å². The van der Waals surface area contributed by atoms with E-state index >= 15 is 0 Å². The third-order valence-electron chi connectivity index (χ3n) is 3.41. The number of ether oxygens (including phenoxy) is 4. The number of methoxy groups -OCH3 is 1. The van der Waals surface area contributed by atoms with E-state index in [9.17, 15) is 0 Å². The number of aliphatic hydroxyl groups is 1. The minimum Gasteiger partial charge on any atom is -0.495 e. The number of hydrogen-bond acceptors (Lipinski definition) is 7. The number of nitrogens with zero attached hydrogens (tertiary/aromatic N) is 1. The van der Waals surface area contributed by atoms with Crippen molar-refractivity contribution in [2.24, 2.45) is 0 Å². The number of aliphatic hydroxyl groups excluding tert-OH is 1. The van der Waals surface area contributed by atoms with E-state index in [0.29, 0.717) is 45.3 Å². The van der Waals surface area contributed by atoms with Crippen molar-refractivity contribution in [3.05, 3.63) is 18.2 Å². The van der Waals surface area contributed by atoms with Gasteiger partial charge in [0, 0.05) is 24.8 Å². The van der Waals surface area contributed by atoms with Gasteiger partial charge in [0.15, 0.2) is 0 Å². The van der Waals surface area contributed by atoms with Gasteiger partial charge in [-0.2, -0.15) is 0 Å². The molecule has 0 saturated carbocycles. The number of benzene rings is 1. The largest absolute Gasteiger partial charge is 0.495 e. The van der Waals surface area contributed by atoms with Crippen LogP contribution >= 0.6 is 0 Å². The highest BCUT2D eigenvalue weighted by atomic mass is 16.5. The Hall–Kier alpha value is -1.54. The first-order chi connectivity index (χ1) is 11.7. The highest BCUT2D eigenvalue weighted by Gasteiger charge is 2.10. The van der Waals surface area contributed by atoms with Gasteiger partial charge in [0.05, 0.1) is 59.0 Å². The van der Waals surface area contributed by atoms with Crippen LogP contribution in [-0.4, -0.2) is 71.6 Å². The van der Waals surface area contributed by atoms with E-state index in [1.54, 1.807) is 7.11 Å². The first kappa shape index (κ1) is 20.5. The Labute approximate surface area is 144 Å². The smallest absolute Gasteiger partial charge is 0.144 e. The molecule has 1 rings (SSSR count). The fraction of sp³-hybridized carbons (Fsp3) is 0.647. The van der Waals surface area contributed by atoms with Crippen LogP contribution in [0.5, 0.6) is 5.75 Å². The molecule has 1 aromatic carbocycles. The van der Waals surface area contributed by atoms with Gasteiger partial charge < -0.3 is 34.7 Å². The monoisotopic (exact) mass is 342 g/mol. The molecule has 24 heavy (non-hydrogen) atoms. The van der Waals surface area contributed by atoms with E-state index in [1.807, 2.05) is 18.2 Å². The van der Waals surface area contributed by atoms with Crippen LogP contribution in [0, 0.1) is 0 Å². The first-order valence-corrected chi connectivity index (χ1v) is 8.25. The van der Waals surface area contributed by atoms with Gasteiger partial charge in [-0.05, 0) is 19.1 Å². The lowest BCUT2D eigenvalue weighted by molar-refractivity contribution is 0.00874. The average molecular weight is 342 g/mol. The minimum absolute atomic E-state index is 0.0375. The normalized spacial score (nSPS) is 10.8. The van der Waals surface area contributed by atoms with Crippen LogP contribution in [0.25, 0.3) is 0 Å². The Morgan fingerprint density at radius 1 is 1.00 bits per heavy atom. The Morgan fingerprint density at radius 2 is 1.62 bits per heavy atom. The summed E-state index contributed by atoms with van der Waals surface area (Å²) in [7, 11) is 1.64. The van der Waals surface area contributed by atoms with Crippen LogP contribution in [-0.2, 0) is 14.2 Å². The Bertz CT molecular complexity index is 445. The zero-order valence-corrected chi connectivity index (χ0v) is 14.7. The van der Waals surface area contributed by atoms with Crippen molar-refractivity contribution in [2.75, 3.05) is 77.1 Å². The molecule has 7 heteroatoms. The molecule has 0 aromatic heterocycles. The number of rotatable bonds is 14. The first-order valence-electron chi connectivity index (χ1n) is 8.25. The van der Waals surface area contributed by atoms with Crippen LogP contribution in [0.3, 0.4) is 0 Å². The lowest BCUT2D eigenvalue weighted by Gasteiger charge is -2.25. The van der Waals surface area contributed by atoms with Gasteiger partial charge in [-0.1, -0.05) is 0 Å². The van der Waals surface area contributed by atoms with Crippen molar-refractivity contribution in [1.29, 1.82) is 0 Å². The van der Waals surface area contributed by atoms with Crippen molar-refractivity contribution >= 4 is 11.4 Å². The summed E-state index contributed by atoms with van der Waals surface area (Å²) < 4.78 is 21.5. The third kappa shape index (κ3) is 7.83. The fourth-order valence-electron chi connectivity index (χ4n) is 2.19. The van der Waals surface area contributed by atoms with Gasteiger partial charge in [0.2, 0.25) is 0 Å². The second kappa shape index (κ2) is 12.8. The van der Waals surface area contributed by atoms with Gasteiger partial charge in [-0.3, -0.25) is 0 Å². The Kier molecular flexibility index (Phi) is 11.0. The van der Waals surface area contributed by atoms with E-state index in [1.165, 1.54) is 0 Å². The molecule has 1 aromatic rings. The molecule has 0 heterocycles. The molecule has 0 saturated heterocycles. The van der Waals surface area contributed by atoms with Gasteiger partial charge in [-0.15, -0.1) is 0 Å². The lowest BCUT2D eigenvalue weighted by Crippen LogP contribution is -2.28. The second-order valence-electron chi connectivity index (χ2n) is 5.07. The van der Waals surface area contributed by atoms with Crippen molar-refractivity contribution < 1.29 is 24.1 Å². The number of nitrogen functional groups attached to an aromatic ring is 1. The third-order valence-corrected chi connectivity index (χ3v) is 3.41. The van der Waals surface area contributed by atoms with Crippen LogP contribution < -0.4 is 15.4 Å². The number of hydrogen-bond donors (Lipinski definition) is 2. The van der Waals surface area contributed by atoms with Crippen molar-refractivity contribution in [1.82, 2.24) is 0 Å². The van der Waals surface area contributed by atoms with E-state index in [4.69, 9.17) is 29.8 Å². The van der Waals surface area contributed by atoms with E-state index in [-0.39, 0.29) is 6.61 Å². The molecule has 7 nitrogen and oxygen atoms in total. The van der Waals surface area contributed by atoms with Crippen LogP contribution in [0.2, 0.25) is 0 Å². The molecule has 0 radical (unpaired) electrons. The van der Waals surface area contributed by atoms with Crippen molar-refractivity contribution in [3.8, 4) is 5.75 Å². The minimum atomic E-state index is 0.0375. The Balaban J connectivity index is 2.21. The summed E-state index contributed by atoms with van der Waals surface area (Å²) in [4.78, 5) is 2.18. The molecule has 0 bridgehead atoms. The quantitative estimate of drug-likeness (QED) is 0.387. The van der Waals surface area contributed by atoms with Gasteiger partial charge >= 0.3 is 0 Å². The fourth-order valence-corrected chi connectivity index (χ4v) is 2.19. The maximum atomic E-state index is 8.56.